The van der Waals surface area contributed by atoms with Gasteiger partial charge in [-0.05, 0) is 32.6 Å². The van der Waals surface area contributed by atoms with E-state index in [0.717, 1.165) is 47.1 Å². The van der Waals surface area contributed by atoms with Crippen molar-refractivity contribution in [2.45, 2.75) is 32.7 Å². The monoisotopic (exact) mass is 405 g/mol. The molecule has 0 aliphatic carbocycles. The maximum Gasteiger partial charge on any atom is 0.265 e. The predicted octanol–water partition coefficient (Wildman–Crippen LogP) is 2.90. The van der Waals surface area contributed by atoms with Crippen LogP contribution in [0.1, 0.15) is 35.1 Å². The van der Waals surface area contributed by atoms with E-state index in [9.17, 15) is 4.79 Å². The minimum Gasteiger partial charge on any atom is -0.338 e. The van der Waals surface area contributed by atoms with Crippen LogP contribution in [0, 0.1) is 12.8 Å². The molecule has 1 aliphatic rings. The van der Waals surface area contributed by atoms with Crippen molar-refractivity contribution >= 4 is 42.1 Å². The number of aryl methyl sites for hydroxylation is 2. The van der Waals surface area contributed by atoms with Gasteiger partial charge in [-0.3, -0.25) is 9.48 Å². The van der Waals surface area contributed by atoms with Crippen LogP contribution in [0.3, 0.4) is 0 Å². The predicted molar refractivity (Wildman–Crippen MR) is 106 cm³/mol. The Bertz CT molecular complexity index is 707. The van der Waals surface area contributed by atoms with Crippen molar-refractivity contribution in [1.29, 1.82) is 0 Å². The summed E-state index contributed by atoms with van der Waals surface area (Å²) in [5, 5.41) is 5.02. The van der Waals surface area contributed by atoms with Gasteiger partial charge in [-0.15, -0.1) is 36.2 Å². The van der Waals surface area contributed by atoms with E-state index in [0.29, 0.717) is 5.92 Å². The third-order valence-corrected chi connectivity index (χ3v) is 5.71. The molecular formula is C16H25Cl2N5OS. The lowest BCUT2D eigenvalue weighted by atomic mass is 9.91. The van der Waals surface area contributed by atoms with E-state index in [2.05, 4.69) is 17.0 Å². The Morgan fingerprint density at radius 3 is 2.52 bits per heavy atom. The molecule has 3 heterocycles. The molecule has 1 fully saturated rings. The van der Waals surface area contributed by atoms with Gasteiger partial charge in [0, 0.05) is 37.9 Å². The molecule has 25 heavy (non-hydrogen) atoms. The summed E-state index contributed by atoms with van der Waals surface area (Å²) in [5.74, 6) is 0.617. The van der Waals surface area contributed by atoms with Crippen molar-refractivity contribution in [3.63, 3.8) is 0 Å². The Morgan fingerprint density at radius 1 is 1.36 bits per heavy atom. The Balaban J connectivity index is 0.00000156. The maximum absolute atomic E-state index is 12.8. The van der Waals surface area contributed by atoms with Gasteiger partial charge in [0.1, 0.15) is 9.88 Å². The average Bonchev–Trinajstić information content (AvgIpc) is 3.12. The van der Waals surface area contributed by atoms with E-state index in [-0.39, 0.29) is 36.8 Å². The summed E-state index contributed by atoms with van der Waals surface area (Å²) >= 11 is 1.45. The lowest BCUT2D eigenvalue weighted by Gasteiger charge is -2.33. The minimum absolute atomic E-state index is 0. The largest absolute Gasteiger partial charge is 0.338 e. The van der Waals surface area contributed by atoms with Gasteiger partial charge in [-0.2, -0.15) is 5.10 Å². The first-order valence-electron chi connectivity index (χ1n) is 7.97. The van der Waals surface area contributed by atoms with Crippen LogP contribution in [0.25, 0.3) is 10.6 Å². The van der Waals surface area contributed by atoms with Crippen molar-refractivity contribution in [3.05, 3.63) is 23.0 Å². The molecule has 0 radical (unpaired) electrons. The molecule has 2 aromatic rings. The molecule has 1 unspecified atom stereocenters. The molecule has 6 nitrogen and oxygen atoms in total. The number of thiazole rings is 1. The lowest BCUT2D eigenvalue weighted by Crippen LogP contribution is -2.42. The van der Waals surface area contributed by atoms with Gasteiger partial charge in [0.05, 0.1) is 11.9 Å². The number of carbonyl (C=O) groups excluding carboxylic acids is 1. The number of likely N-dealkylation sites (tertiary alicyclic amines) is 1. The molecule has 0 aromatic carbocycles. The van der Waals surface area contributed by atoms with Crippen LogP contribution in [0.4, 0.5) is 0 Å². The fourth-order valence-corrected chi connectivity index (χ4v) is 4.03. The first kappa shape index (κ1) is 21.9. The summed E-state index contributed by atoms with van der Waals surface area (Å²) < 4.78 is 1.74. The number of halogens is 2. The van der Waals surface area contributed by atoms with Gasteiger partial charge in [-0.25, -0.2) is 4.98 Å². The molecule has 0 saturated carbocycles. The highest BCUT2D eigenvalue weighted by Gasteiger charge is 2.27. The zero-order chi connectivity index (χ0) is 16.6. The molecule has 1 saturated heterocycles. The van der Waals surface area contributed by atoms with Crippen LogP contribution in [0.2, 0.25) is 0 Å². The number of carbonyl (C=O) groups is 1. The summed E-state index contributed by atoms with van der Waals surface area (Å²) in [6.45, 7) is 5.52. The van der Waals surface area contributed by atoms with Crippen molar-refractivity contribution in [2.75, 3.05) is 13.1 Å². The summed E-state index contributed by atoms with van der Waals surface area (Å²) in [5.41, 5.74) is 7.73. The Morgan fingerprint density at radius 2 is 2.00 bits per heavy atom. The SMILES string of the molecule is Cc1nc(-c2cnn(C)c2)sc1C(=O)N1CCC(C(C)N)CC1.Cl.Cl. The Hall–Kier alpha value is -1.15. The molecule has 1 aliphatic heterocycles. The van der Waals surface area contributed by atoms with Gasteiger partial charge in [0.15, 0.2) is 0 Å². The van der Waals surface area contributed by atoms with Crippen molar-refractivity contribution < 1.29 is 4.79 Å². The van der Waals surface area contributed by atoms with Crippen LogP contribution >= 0.6 is 36.2 Å². The highest BCUT2D eigenvalue weighted by Crippen LogP contribution is 2.29. The molecule has 3 rings (SSSR count). The number of nitrogens with zero attached hydrogens (tertiary/aromatic N) is 4. The van der Waals surface area contributed by atoms with E-state index in [1.807, 2.05) is 25.1 Å². The third kappa shape index (κ3) is 4.73. The molecule has 1 amide bonds. The first-order chi connectivity index (χ1) is 11.0. The molecule has 9 heteroatoms. The first-order valence-corrected chi connectivity index (χ1v) is 8.78. The Kier molecular flexibility index (Phi) is 7.87. The fraction of sp³-hybridized carbons (Fsp3) is 0.562. The second kappa shape index (κ2) is 8.98. The topological polar surface area (TPSA) is 77.0 Å². The summed E-state index contributed by atoms with van der Waals surface area (Å²) in [4.78, 5) is 20.0. The van der Waals surface area contributed by atoms with Crippen molar-refractivity contribution in [1.82, 2.24) is 19.7 Å². The van der Waals surface area contributed by atoms with Crippen LogP contribution in [-0.4, -0.2) is 44.7 Å². The number of amides is 1. The van der Waals surface area contributed by atoms with Gasteiger partial charge in [0.25, 0.3) is 5.91 Å². The van der Waals surface area contributed by atoms with Crippen LogP contribution in [0.5, 0.6) is 0 Å². The molecule has 2 aromatic heterocycles. The number of rotatable bonds is 3. The molecule has 0 spiro atoms. The molecule has 140 valence electrons. The molecule has 1 atom stereocenters. The molecule has 2 N–H and O–H groups in total. The van der Waals surface area contributed by atoms with E-state index in [1.165, 1.54) is 11.3 Å². The second-order valence-corrected chi connectivity index (χ2v) is 7.32. The number of aromatic nitrogens is 3. The number of hydrogen-bond donors (Lipinski definition) is 1. The smallest absolute Gasteiger partial charge is 0.265 e. The molecular weight excluding hydrogens is 381 g/mol. The van der Waals surface area contributed by atoms with Gasteiger partial charge >= 0.3 is 0 Å². The Labute approximate surface area is 164 Å². The number of nitrogens with two attached hydrogens (primary N) is 1. The van der Waals surface area contributed by atoms with E-state index < -0.39 is 0 Å². The van der Waals surface area contributed by atoms with Crippen LogP contribution in [-0.2, 0) is 7.05 Å². The average molecular weight is 406 g/mol. The van der Waals surface area contributed by atoms with Crippen molar-refractivity contribution in [3.8, 4) is 10.6 Å². The fourth-order valence-electron chi connectivity index (χ4n) is 3.02. The molecule has 0 bridgehead atoms. The highest BCUT2D eigenvalue weighted by molar-refractivity contribution is 7.17. The summed E-state index contributed by atoms with van der Waals surface area (Å²) in [6, 6.07) is 0.203. The third-order valence-electron chi connectivity index (χ3n) is 4.51. The number of piperidine rings is 1. The minimum atomic E-state index is 0. The second-order valence-electron chi connectivity index (χ2n) is 6.32. The number of hydrogen-bond acceptors (Lipinski definition) is 5. The van der Waals surface area contributed by atoms with Gasteiger partial charge in [-0.1, -0.05) is 0 Å². The quantitative estimate of drug-likeness (QED) is 0.851. The lowest BCUT2D eigenvalue weighted by molar-refractivity contribution is 0.0685. The van der Waals surface area contributed by atoms with Crippen molar-refractivity contribution in [2.24, 2.45) is 18.7 Å². The van der Waals surface area contributed by atoms with Gasteiger partial charge in [0.2, 0.25) is 0 Å². The summed E-state index contributed by atoms with van der Waals surface area (Å²) in [7, 11) is 1.87. The van der Waals surface area contributed by atoms with Gasteiger partial charge < -0.3 is 10.6 Å². The van der Waals surface area contributed by atoms with E-state index >= 15 is 0 Å². The van der Waals surface area contributed by atoms with Crippen LogP contribution in [0.15, 0.2) is 12.4 Å². The van der Waals surface area contributed by atoms with E-state index in [1.54, 1.807) is 10.9 Å². The summed E-state index contributed by atoms with van der Waals surface area (Å²) in [6.07, 6.45) is 5.66. The normalized spacial score (nSPS) is 16.1. The highest BCUT2D eigenvalue weighted by atomic mass is 35.5. The van der Waals surface area contributed by atoms with E-state index in [4.69, 9.17) is 5.73 Å². The standard InChI is InChI=1S/C16H23N5OS.2ClH/c1-10(17)12-4-6-21(7-5-12)16(22)14-11(2)19-15(23-14)13-8-18-20(3)9-13;;/h8-10,12H,4-7,17H2,1-3H3;2*1H. The zero-order valence-corrected chi connectivity index (χ0v) is 17.1. The maximum atomic E-state index is 12.8. The zero-order valence-electron chi connectivity index (χ0n) is 14.6. The van der Waals surface area contributed by atoms with Crippen LogP contribution < -0.4 is 5.73 Å².